The van der Waals surface area contributed by atoms with Gasteiger partial charge in [0.2, 0.25) is 11.8 Å². The van der Waals surface area contributed by atoms with Gasteiger partial charge in [0.05, 0.1) is 17.0 Å². The third kappa shape index (κ3) is 4.74. The molecule has 160 valence electrons. The summed E-state index contributed by atoms with van der Waals surface area (Å²) in [4.78, 5) is 26.1. The number of rotatable bonds is 3. The number of carbonyl (C=O) groups is 2. The number of hydrogen-bond acceptors (Lipinski definition) is 2. The van der Waals surface area contributed by atoms with Gasteiger partial charge in [0.25, 0.3) is 0 Å². The van der Waals surface area contributed by atoms with E-state index >= 15 is 0 Å². The second-order valence-corrected chi connectivity index (χ2v) is 7.03. The van der Waals surface area contributed by atoms with E-state index in [9.17, 15) is 35.9 Å². The van der Waals surface area contributed by atoms with Crippen molar-refractivity contribution in [3.63, 3.8) is 0 Å². The van der Waals surface area contributed by atoms with E-state index in [4.69, 9.17) is 0 Å². The second-order valence-electron chi connectivity index (χ2n) is 7.03. The second kappa shape index (κ2) is 7.66. The summed E-state index contributed by atoms with van der Waals surface area (Å²) in [7, 11) is 0. The lowest BCUT2D eigenvalue weighted by molar-refractivity contribution is -0.143. The number of aryl methyl sites for hydroxylation is 1. The fourth-order valence-corrected chi connectivity index (χ4v) is 3.20. The topological polar surface area (TPSA) is 49.4 Å². The van der Waals surface area contributed by atoms with Crippen LogP contribution in [-0.4, -0.2) is 18.4 Å². The molecule has 1 heterocycles. The molecule has 1 unspecified atom stereocenters. The van der Waals surface area contributed by atoms with Crippen molar-refractivity contribution in [1.29, 1.82) is 0 Å². The molecule has 2 aromatic rings. The van der Waals surface area contributed by atoms with Gasteiger partial charge in [-0.15, -0.1) is 0 Å². The normalized spacial score (nSPS) is 17.4. The van der Waals surface area contributed by atoms with Gasteiger partial charge in [-0.2, -0.15) is 26.3 Å². The first-order valence-electron chi connectivity index (χ1n) is 8.82. The van der Waals surface area contributed by atoms with Crippen LogP contribution in [0.1, 0.15) is 23.1 Å². The molecule has 2 aromatic carbocycles. The van der Waals surface area contributed by atoms with Gasteiger partial charge in [-0.3, -0.25) is 9.59 Å². The fourth-order valence-electron chi connectivity index (χ4n) is 3.20. The molecule has 0 saturated carbocycles. The van der Waals surface area contributed by atoms with Crippen LogP contribution in [0.4, 0.5) is 37.7 Å². The summed E-state index contributed by atoms with van der Waals surface area (Å²) in [6, 6.07) is 7.81. The first-order valence-corrected chi connectivity index (χ1v) is 8.82. The van der Waals surface area contributed by atoms with E-state index in [1.165, 1.54) is 4.90 Å². The van der Waals surface area contributed by atoms with Crippen molar-refractivity contribution in [2.45, 2.75) is 25.7 Å². The zero-order chi connectivity index (χ0) is 22.3. The van der Waals surface area contributed by atoms with Crippen LogP contribution in [0.15, 0.2) is 42.5 Å². The SMILES string of the molecule is Cc1cccc(N2CC(C(=O)Nc3cc(C(F)(F)F)cc(C(F)(F)F)c3)CC2=O)c1. The van der Waals surface area contributed by atoms with Gasteiger partial charge >= 0.3 is 12.4 Å². The minimum Gasteiger partial charge on any atom is -0.326 e. The Kier molecular flexibility index (Phi) is 5.53. The number of halogens is 6. The molecular formula is C20H16F6N2O2. The van der Waals surface area contributed by atoms with E-state index in [2.05, 4.69) is 5.32 Å². The van der Waals surface area contributed by atoms with Crippen molar-refractivity contribution >= 4 is 23.2 Å². The molecule has 0 bridgehead atoms. The van der Waals surface area contributed by atoms with Crippen LogP contribution in [0.3, 0.4) is 0 Å². The summed E-state index contributed by atoms with van der Waals surface area (Å²) < 4.78 is 77.8. The lowest BCUT2D eigenvalue weighted by Gasteiger charge is -2.18. The average molecular weight is 430 g/mol. The Morgan fingerprint density at radius 3 is 2.13 bits per heavy atom. The molecular weight excluding hydrogens is 414 g/mol. The average Bonchev–Trinajstić information content (AvgIpc) is 3.02. The van der Waals surface area contributed by atoms with Gasteiger partial charge in [-0.05, 0) is 42.8 Å². The maximum atomic E-state index is 13.0. The molecule has 10 heteroatoms. The van der Waals surface area contributed by atoms with E-state index in [0.717, 1.165) is 5.56 Å². The van der Waals surface area contributed by atoms with Crippen LogP contribution in [0.5, 0.6) is 0 Å². The fraction of sp³-hybridized carbons (Fsp3) is 0.300. The summed E-state index contributed by atoms with van der Waals surface area (Å²) >= 11 is 0. The minimum absolute atomic E-state index is 0.0196. The van der Waals surface area contributed by atoms with Gasteiger partial charge in [0, 0.05) is 24.3 Å². The third-order valence-electron chi connectivity index (χ3n) is 4.66. The number of amides is 2. The standard InChI is InChI=1S/C20H16F6N2O2/c1-11-3-2-4-16(5-11)28-10-12(6-17(28)29)18(30)27-15-8-13(19(21,22)23)7-14(9-15)20(24,25)26/h2-5,7-9,12H,6,10H2,1H3,(H,27,30). The van der Waals surface area contributed by atoms with Crippen molar-refractivity contribution in [3.8, 4) is 0 Å². The molecule has 1 aliphatic rings. The van der Waals surface area contributed by atoms with Gasteiger partial charge in [0.15, 0.2) is 0 Å². The first kappa shape index (κ1) is 21.7. The molecule has 3 rings (SSSR count). The number of benzene rings is 2. The van der Waals surface area contributed by atoms with E-state index in [-0.39, 0.29) is 24.9 Å². The summed E-state index contributed by atoms with van der Waals surface area (Å²) in [6.45, 7) is 1.79. The molecule has 1 aliphatic heterocycles. The maximum Gasteiger partial charge on any atom is 0.416 e. The predicted molar refractivity (Wildman–Crippen MR) is 96.7 cm³/mol. The number of alkyl halides is 6. The molecule has 0 spiro atoms. The molecule has 2 amide bonds. The summed E-state index contributed by atoms with van der Waals surface area (Å²) in [6.07, 6.45) is -10.2. The van der Waals surface area contributed by atoms with Crippen LogP contribution in [0.2, 0.25) is 0 Å². The largest absolute Gasteiger partial charge is 0.416 e. The molecule has 1 fully saturated rings. The predicted octanol–water partition coefficient (Wildman–Crippen LogP) is 5.02. The van der Waals surface area contributed by atoms with E-state index < -0.39 is 41.0 Å². The number of nitrogens with zero attached hydrogens (tertiary/aromatic N) is 1. The number of hydrogen-bond donors (Lipinski definition) is 1. The van der Waals surface area contributed by atoms with E-state index in [0.29, 0.717) is 17.8 Å². The van der Waals surface area contributed by atoms with Crippen LogP contribution >= 0.6 is 0 Å². The van der Waals surface area contributed by atoms with Crippen LogP contribution in [-0.2, 0) is 21.9 Å². The summed E-state index contributed by atoms with van der Waals surface area (Å²) in [5.74, 6) is -2.10. The molecule has 1 atom stereocenters. The van der Waals surface area contributed by atoms with Crippen molar-refractivity contribution < 1.29 is 35.9 Å². The van der Waals surface area contributed by atoms with E-state index in [1.54, 1.807) is 18.2 Å². The third-order valence-corrected chi connectivity index (χ3v) is 4.66. The Hall–Kier alpha value is -3.04. The van der Waals surface area contributed by atoms with Crippen molar-refractivity contribution in [2.24, 2.45) is 5.92 Å². The highest BCUT2D eigenvalue weighted by Gasteiger charge is 2.38. The number of carbonyl (C=O) groups excluding carboxylic acids is 2. The van der Waals surface area contributed by atoms with Crippen LogP contribution in [0.25, 0.3) is 0 Å². The molecule has 0 radical (unpaired) electrons. The maximum absolute atomic E-state index is 13.0. The molecule has 0 aliphatic carbocycles. The molecule has 1 N–H and O–H groups in total. The van der Waals surface area contributed by atoms with Gasteiger partial charge < -0.3 is 10.2 Å². The number of anilines is 2. The van der Waals surface area contributed by atoms with Gasteiger partial charge in [0.1, 0.15) is 0 Å². The molecule has 30 heavy (non-hydrogen) atoms. The highest BCUT2D eigenvalue weighted by molar-refractivity contribution is 6.03. The minimum atomic E-state index is -5.02. The zero-order valence-corrected chi connectivity index (χ0v) is 15.6. The zero-order valence-electron chi connectivity index (χ0n) is 15.6. The lowest BCUT2D eigenvalue weighted by atomic mass is 10.1. The Morgan fingerprint density at radius 2 is 1.60 bits per heavy atom. The van der Waals surface area contributed by atoms with Gasteiger partial charge in [-0.1, -0.05) is 12.1 Å². The number of nitrogens with one attached hydrogen (secondary N) is 1. The lowest BCUT2D eigenvalue weighted by Crippen LogP contribution is -2.28. The summed E-state index contributed by atoms with van der Waals surface area (Å²) in [5, 5.41) is 2.09. The van der Waals surface area contributed by atoms with Crippen LogP contribution < -0.4 is 10.2 Å². The molecule has 4 nitrogen and oxygen atoms in total. The van der Waals surface area contributed by atoms with E-state index in [1.807, 2.05) is 13.0 Å². The van der Waals surface area contributed by atoms with Gasteiger partial charge in [-0.25, -0.2) is 0 Å². The monoisotopic (exact) mass is 430 g/mol. The Labute approximate surface area is 167 Å². The van der Waals surface area contributed by atoms with Crippen LogP contribution in [0, 0.1) is 12.8 Å². The van der Waals surface area contributed by atoms with Crippen molar-refractivity contribution in [1.82, 2.24) is 0 Å². The quantitative estimate of drug-likeness (QED) is 0.695. The summed E-state index contributed by atoms with van der Waals surface area (Å²) in [5.41, 5.74) is -2.25. The Balaban J connectivity index is 1.81. The Morgan fingerprint density at radius 1 is 1.00 bits per heavy atom. The smallest absolute Gasteiger partial charge is 0.326 e. The Bertz CT molecular complexity index is 952. The first-order chi connectivity index (χ1) is 13.8. The highest BCUT2D eigenvalue weighted by Crippen LogP contribution is 2.38. The van der Waals surface area contributed by atoms with Crippen molar-refractivity contribution in [2.75, 3.05) is 16.8 Å². The molecule has 1 saturated heterocycles. The molecule has 0 aromatic heterocycles. The van der Waals surface area contributed by atoms with Crippen molar-refractivity contribution in [3.05, 3.63) is 59.2 Å². The highest BCUT2D eigenvalue weighted by atomic mass is 19.4.